The molecule has 0 unspecified atom stereocenters. The van der Waals surface area contributed by atoms with E-state index in [1.807, 2.05) is 24.3 Å². The molecule has 0 atom stereocenters. The molecule has 0 amide bonds. The summed E-state index contributed by atoms with van der Waals surface area (Å²) in [4.78, 5) is 0. The van der Waals surface area contributed by atoms with Crippen LogP contribution in [-0.2, 0) is 6.42 Å². The van der Waals surface area contributed by atoms with Crippen molar-refractivity contribution in [3.05, 3.63) is 119 Å². The number of ether oxygens (including phenoxy) is 1. The standard InChI is InChI=1S/C30H21F7O/c1-2-3-18-4-6-19(7-5-18)20-8-10-23(26(32)14-20)21-15-27(33)24(28(34)16-21)12-13-30(36,37)38-22-9-11-25(31)29(35)17-22/h4-17H,2-3H2,1H3. The van der Waals surface area contributed by atoms with E-state index in [0.717, 1.165) is 42.2 Å². The fraction of sp³-hybridized carbons (Fsp3) is 0.133. The molecule has 38 heavy (non-hydrogen) atoms. The average molecular weight is 530 g/mol. The van der Waals surface area contributed by atoms with Crippen LogP contribution in [-0.4, -0.2) is 6.11 Å². The van der Waals surface area contributed by atoms with Crippen LogP contribution in [0.3, 0.4) is 0 Å². The van der Waals surface area contributed by atoms with E-state index in [2.05, 4.69) is 11.7 Å². The first kappa shape index (κ1) is 27.0. The van der Waals surface area contributed by atoms with Crippen molar-refractivity contribution in [3.63, 3.8) is 0 Å². The van der Waals surface area contributed by atoms with E-state index in [4.69, 9.17) is 0 Å². The number of halogens is 7. The first-order valence-electron chi connectivity index (χ1n) is 11.7. The van der Waals surface area contributed by atoms with Crippen LogP contribution >= 0.6 is 0 Å². The minimum absolute atomic E-state index is 0.0661. The number of hydrogen-bond donors (Lipinski definition) is 0. The molecule has 0 aliphatic carbocycles. The van der Waals surface area contributed by atoms with Gasteiger partial charge in [-0.1, -0.05) is 49.7 Å². The third kappa shape index (κ3) is 6.25. The highest BCUT2D eigenvalue weighted by Crippen LogP contribution is 2.32. The molecule has 8 heteroatoms. The van der Waals surface area contributed by atoms with Crippen molar-refractivity contribution >= 4 is 6.08 Å². The van der Waals surface area contributed by atoms with Gasteiger partial charge in [0.15, 0.2) is 11.6 Å². The molecule has 1 nitrogen and oxygen atoms in total. The van der Waals surface area contributed by atoms with Crippen LogP contribution in [0.2, 0.25) is 0 Å². The van der Waals surface area contributed by atoms with E-state index in [0.29, 0.717) is 23.8 Å². The first-order chi connectivity index (χ1) is 18.1. The normalized spacial score (nSPS) is 11.8. The third-order valence-electron chi connectivity index (χ3n) is 5.77. The van der Waals surface area contributed by atoms with Gasteiger partial charge in [0.05, 0.1) is 0 Å². The second-order valence-electron chi connectivity index (χ2n) is 8.57. The summed E-state index contributed by atoms with van der Waals surface area (Å²) in [6.07, 6.45) is -1.66. The second-order valence-corrected chi connectivity index (χ2v) is 8.57. The van der Waals surface area contributed by atoms with Crippen molar-refractivity contribution in [1.29, 1.82) is 0 Å². The van der Waals surface area contributed by atoms with Crippen molar-refractivity contribution in [1.82, 2.24) is 0 Å². The van der Waals surface area contributed by atoms with Gasteiger partial charge in [-0.05, 0) is 65.1 Å². The summed E-state index contributed by atoms with van der Waals surface area (Å²) in [6, 6.07) is 15.3. The topological polar surface area (TPSA) is 9.23 Å². The highest BCUT2D eigenvalue weighted by molar-refractivity contribution is 5.72. The minimum Gasteiger partial charge on any atom is -0.429 e. The van der Waals surface area contributed by atoms with Gasteiger partial charge in [-0.2, -0.15) is 8.78 Å². The molecule has 0 fully saturated rings. The number of hydrogen-bond acceptors (Lipinski definition) is 1. The van der Waals surface area contributed by atoms with Crippen LogP contribution < -0.4 is 4.74 Å². The first-order valence-corrected chi connectivity index (χ1v) is 11.7. The molecule has 0 aromatic heterocycles. The van der Waals surface area contributed by atoms with E-state index in [-0.39, 0.29) is 17.2 Å². The highest BCUT2D eigenvalue weighted by Gasteiger charge is 2.28. The predicted octanol–water partition coefficient (Wildman–Crippen LogP) is 9.35. The molecule has 196 valence electrons. The summed E-state index contributed by atoms with van der Waals surface area (Å²) in [5, 5.41) is 0. The third-order valence-corrected chi connectivity index (χ3v) is 5.77. The Hall–Kier alpha value is -4.07. The van der Waals surface area contributed by atoms with Crippen molar-refractivity contribution < 1.29 is 35.5 Å². The van der Waals surface area contributed by atoms with Crippen molar-refractivity contribution in [3.8, 4) is 28.0 Å². The lowest BCUT2D eigenvalue weighted by Crippen LogP contribution is -2.21. The average Bonchev–Trinajstić information content (AvgIpc) is 2.86. The molecule has 0 bridgehead atoms. The molecule has 0 saturated heterocycles. The SMILES string of the molecule is CCCc1ccc(-c2ccc(-c3cc(F)c(C=CC(F)(F)Oc4ccc(F)c(F)c4)c(F)c3)c(F)c2)cc1. The lowest BCUT2D eigenvalue weighted by atomic mass is 9.97. The van der Waals surface area contributed by atoms with Crippen molar-refractivity contribution in [2.24, 2.45) is 0 Å². The minimum atomic E-state index is -4.10. The summed E-state index contributed by atoms with van der Waals surface area (Å²) in [5.74, 6) is -6.49. The summed E-state index contributed by atoms with van der Waals surface area (Å²) in [5.41, 5.74) is 1.51. The highest BCUT2D eigenvalue weighted by atomic mass is 19.3. The van der Waals surface area contributed by atoms with Crippen molar-refractivity contribution in [2.45, 2.75) is 25.9 Å². The summed E-state index contributed by atoms with van der Waals surface area (Å²) in [6.45, 7) is 2.07. The Morgan fingerprint density at radius 1 is 0.658 bits per heavy atom. The lowest BCUT2D eigenvalue weighted by molar-refractivity contribution is -0.131. The van der Waals surface area contributed by atoms with Gasteiger partial charge in [-0.25, -0.2) is 22.0 Å². The maximum atomic E-state index is 14.9. The molecule has 4 aromatic carbocycles. The zero-order valence-electron chi connectivity index (χ0n) is 20.1. The van der Waals surface area contributed by atoms with Gasteiger partial charge in [0.1, 0.15) is 23.2 Å². The summed E-state index contributed by atoms with van der Waals surface area (Å²) in [7, 11) is 0. The van der Waals surface area contributed by atoms with E-state index in [9.17, 15) is 30.7 Å². The number of alkyl halides is 2. The van der Waals surface area contributed by atoms with Crippen LogP contribution in [0.25, 0.3) is 28.3 Å². The van der Waals surface area contributed by atoms with Gasteiger partial charge >= 0.3 is 6.11 Å². The molecule has 0 aliphatic rings. The Balaban J connectivity index is 1.55. The maximum Gasteiger partial charge on any atom is 0.419 e. The zero-order chi connectivity index (χ0) is 27.4. The van der Waals surface area contributed by atoms with Gasteiger partial charge in [-0.15, -0.1) is 0 Å². The van der Waals surface area contributed by atoms with Gasteiger partial charge in [0.25, 0.3) is 0 Å². The molecule has 4 rings (SSSR count). The molecule has 0 N–H and O–H groups in total. The zero-order valence-corrected chi connectivity index (χ0v) is 20.1. The van der Waals surface area contributed by atoms with Gasteiger partial charge < -0.3 is 4.74 Å². The molecular weight excluding hydrogens is 509 g/mol. The summed E-state index contributed by atoms with van der Waals surface area (Å²) >= 11 is 0. The van der Waals surface area contributed by atoms with Crippen LogP contribution in [0.1, 0.15) is 24.5 Å². The molecule has 0 saturated carbocycles. The number of aryl methyl sites for hydroxylation is 1. The largest absolute Gasteiger partial charge is 0.429 e. The Morgan fingerprint density at radius 3 is 1.89 bits per heavy atom. The predicted molar refractivity (Wildman–Crippen MR) is 132 cm³/mol. The van der Waals surface area contributed by atoms with E-state index < -0.39 is 46.5 Å². The molecular formula is C30H21F7O. The fourth-order valence-electron chi connectivity index (χ4n) is 3.89. The number of benzene rings is 4. The Morgan fingerprint density at radius 2 is 1.29 bits per heavy atom. The Labute approximate surface area is 214 Å². The maximum absolute atomic E-state index is 14.9. The Bertz CT molecular complexity index is 1450. The monoisotopic (exact) mass is 530 g/mol. The Kier molecular flexibility index (Phi) is 7.90. The van der Waals surface area contributed by atoms with Gasteiger partial charge in [-0.3, -0.25) is 0 Å². The fourth-order valence-corrected chi connectivity index (χ4v) is 3.89. The van der Waals surface area contributed by atoms with E-state index >= 15 is 0 Å². The quantitative estimate of drug-likeness (QED) is 0.206. The van der Waals surface area contributed by atoms with Crippen LogP contribution in [0, 0.1) is 29.1 Å². The smallest absolute Gasteiger partial charge is 0.419 e. The molecule has 4 aromatic rings. The van der Waals surface area contributed by atoms with Gasteiger partial charge in [0.2, 0.25) is 0 Å². The summed E-state index contributed by atoms with van der Waals surface area (Å²) < 4.78 is 103. The molecule has 0 aliphatic heterocycles. The van der Waals surface area contributed by atoms with Crippen LogP contribution in [0.15, 0.2) is 78.9 Å². The van der Waals surface area contributed by atoms with E-state index in [1.165, 1.54) is 12.1 Å². The molecule has 0 spiro atoms. The van der Waals surface area contributed by atoms with Crippen LogP contribution in [0.5, 0.6) is 5.75 Å². The second kappa shape index (κ2) is 11.1. The van der Waals surface area contributed by atoms with Gasteiger partial charge in [0, 0.05) is 23.3 Å². The van der Waals surface area contributed by atoms with Crippen LogP contribution in [0.4, 0.5) is 30.7 Å². The van der Waals surface area contributed by atoms with E-state index in [1.54, 1.807) is 6.07 Å². The number of rotatable bonds is 8. The molecule has 0 radical (unpaired) electrons. The van der Waals surface area contributed by atoms with Crippen molar-refractivity contribution in [2.75, 3.05) is 0 Å². The lowest BCUT2D eigenvalue weighted by Gasteiger charge is -2.14. The molecule has 0 heterocycles.